The van der Waals surface area contributed by atoms with Crippen LogP contribution in [0.1, 0.15) is 0 Å². The van der Waals surface area contributed by atoms with Gasteiger partial charge in [-0.15, -0.1) is 0 Å². The van der Waals surface area contributed by atoms with Crippen molar-refractivity contribution < 1.29 is 0 Å². The van der Waals surface area contributed by atoms with Crippen LogP contribution in [0.3, 0.4) is 0 Å². The van der Waals surface area contributed by atoms with Crippen molar-refractivity contribution in [3.05, 3.63) is 164 Å². The van der Waals surface area contributed by atoms with Crippen molar-refractivity contribution in [1.82, 2.24) is 9.97 Å². The van der Waals surface area contributed by atoms with E-state index in [4.69, 9.17) is 9.97 Å². The van der Waals surface area contributed by atoms with Gasteiger partial charge in [0.1, 0.15) is 0 Å². The Hall–Kier alpha value is -5.38. The first-order valence-electron chi connectivity index (χ1n) is 15.8. The molecule has 7 aromatic rings. The third kappa shape index (κ3) is 6.10. The molecule has 0 aliphatic carbocycles. The third-order valence-corrected chi connectivity index (χ3v) is 10.6. The number of nitrogens with zero attached hydrogens (tertiary/aromatic N) is 2. The normalized spacial score (nSPS) is 11.4. The van der Waals surface area contributed by atoms with E-state index in [2.05, 4.69) is 159 Å². The molecule has 46 heavy (non-hydrogen) atoms. The molecule has 5 aromatic carbocycles. The van der Waals surface area contributed by atoms with Crippen molar-refractivity contribution in [2.24, 2.45) is 0 Å². The Balaban J connectivity index is 1.32. The number of aromatic nitrogens is 2. The summed E-state index contributed by atoms with van der Waals surface area (Å²) in [4.78, 5) is 9.71. The highest BCUT2D eigenvalue weighted by molar-refractivity contribution is 6.88. The molecule has 0 fully saturated rings. The summed E-state index contributed by atoms with van der Waals surface area (Å²) in [5.41, 5.74) is 13.7. The van der Waals surface area contributed by atoms with E-state index in [0.717, 1.165) is 33.6 Å². The van der Waals surface area contributed by atoms with Gasteiger partial charge in [0, 0.05) is 34.6 Å². The molecule has 0 spiro atoms. The fourth-order valence-electron chi connectivity index (χ4n) is 6.01. The molecule has 0 aliphatic rings. The Bertz CT molecular complexity index is 1950. The fraction of sp³-hybridized carbons (Fsp3) is 0.0698. The maximum Gasteiger partial charge on any atom is 0.0776 e. The average molecular weight is 609 g/mol. The average Bonchev–Trinajstić information content (AvgIpc) is 3.12. The Morgan fingerprint density at radius 3 is 1.07 bits per heavy atom. The molecule has 0 bridgehead atoms. The zero-order valence-electron chi connectivity index (χ0n) is 26.5. The molecule has 2 heterocycles. The summed E-state index contributed by atoms with van der Waals surface area (Å²) >= 11 is 0. The standard InChI is InChI=1S/C43H36N2Si/c1-46(2,3)37-27-35(40-20-12-10-18-38(40)33-22-24-42(44-29-33)31-14-6-4-7-15-31)26-36(28-37)41-21-13-11-19-39(41)34-23-25-43(45-30-34)32-16-8-5-9-17-32/h4-30H,1-3H3. The minimum Gasteiger partial charge on any atom is -0.256 e. The van der Waals surface area contributed by atoms with Crippen molar-refractivity contribution in [1.29, 1.82) is 0 Å². The first-order valence-corrected chi connectivity index (χ1v) is 19.3. The van der Waals surface area contributed by atoms with Crippen LogP contribution in [0.15, 0.2) is 164 Å². The van der Waals surface area contributed by atoms with Crippen LogP contribution >= 0.6 is 0 Å². The van der Waals surface area contributed by atoms with Crippen molar-refractivity contribution >= 4 is 13.3 Å². The Kier molecular flexibility index (Phi) is 8.00. The minimum atomic E-state index is -1.67. The van der Waals surface area contributed by atoms with Gasteiger partial charge in [-0.2, -0.15) is 0 Å². The molecule has 0 N–H and O–H groups in total. The third-order valence-electron chi connectivity index (χ3n) is 8.56. The van der Waals surface area contributed by atoms with E-state index in [0.29, 0.717) is 0 Å². The molecular formula is C43H36N2Si. The molecule has 3 heteroatoms. The molecule has 0 saturated heterocycles. The second-order valence-electron chi connectivity index (χ2n) is 12.7. The lowest BCUT2D eigenvalue weighted by molar-refractivity contribution is 1.32. The highest BCUT2D eigenvalue weighted by atomic mass is 28.3. The Morgan fingerprint density at radius 2 is 0.717 bits per heavy atom. The molecule has 7 rings (SSSR count). The van der Waals surface area contributed by atoms with Gasteiger partial charge < -0.3 is 0 Å². The van der Waals surface area contributed by atoms with Crippen LogP contribution in [0.5, 0.6) is 0 Å². The lowest BCUT2D eigenvalue weighted by atomic mass is 9.90. The van der Waals surface area contributed by atoms with Gasteiger partial charge in [-0.3, -0.25) is 9.97 Å². The van der Waals surface area contributed by atoms with E-state index in [1.54, 1.807) is 0 Å². The summed E-state index contributed by atoms with van der Waals surface area (Å²) in [5, 5.41) is 1.43. The van der Waals surface area contributed by atoms with E-state index in [-0.39, 0.29) is 0 Å². The molecule has 0 amide bonds. The molecule has 2 aromatic heterocycles. The molecule has 222 valence electrons. The molecule has 0 unspecified atom stereocenters. The topological polar surface area (TPSA) is 25.8 Å². The zero-order chi connectivity index (χ0) is 31.5. The monoisotopic (exact) mass is 608 g/mol. The SMILES string of the molecule is C[Si](C)(C)c1cc(-c2ccccc2-c2ccc(-c3ccccc3)nc2)cc(-c2ccccc2-c2ccc(-c3ccccc3)nc2)c1. The van der Waals surface area contributed by atoms with E-state index in [9.17, 15) is 0 Å². The zero-order valence-corrected chi connectivity index (χ0v) is 27.5. The van der Waals surface area contributed by atoms with Crippen LogP contribution in [0, 0.1) is 0 Å². The van der Waals surface area contributed by atoms with Crippen LogP contribution in [0.2, 0.25) is 19.6 Å². The number of hydrogen-bond acceptors (Lipinski definition) is 2. The predicted molar refractivity (Wildman–Crippen MR) is 198 cm³/mol. The maximum absolute atomic E-state index is 4.85. The van der Waals surface area contributed by atoms with Crippen molar-refractivity contribution in [3.8, 4) is 67.0 Å². The van der Waals surface area contributed by atoms with Gasteiger partial charge in [-0.05, 0) is 51.6 Å². The highest BCUT2D eigenvalue weighted by Crippen LogP contribution is 2.37. The van der Waals surface area contributed by atoms with Crippen LogP contribution < -0.4 is 5.19 Å². The van der Waals surface area contributed by atoms with Gasteiger partial charge in [0.25, 0.3) is 0 Å². The van der Waals surface area contributed by atoms with Crippen molar-refractivity contribution in [2.45, 2.75) is 19.6 Å². The van der Waals surface area contributed by atoms with E-state index < -0.39 is 8.07 Å². The summed E-state index contributed by atoms with van der Waals surface area (Å²) in [6.45, 7) is 7.27. The van der Waals surface area contributed by atoms with E-state index in [1.165, 1.54) is 38.6 Å². The number of benzene rings is 5. The van der Waals surface area contributed by atoms with Gasteiger partial charge in [-0.1, -0.05) is 158 Å². The first kappa shape index (κ1) is 29.3. The fourth-order valence-corrected chi connectivity index (χ4v) is 7.19. The number of hydrogen-bond donors (Lipinski definition) is 0. The summed E-state index contributed by atoms with van der Waals surface area (Å²) in [6.07, 6.45) is 4.01. The molecule has 0 atom stereocenters. The van der Waals surface area contributed by atoms with Gasteiger partial charge in [0.15, 0.2) is 0 Å². The quantitative estimate of drug-likeness (QED) is 0.168. The van der Waals surface area contributed by atoms with Crippen LogP contribution in [0.4, 0.5) is 0 Å². The van der Waals surface area contributed by atoms with Crippen molar-refractivity contribution in [3.63, 3.8) is 0 Å². The highest BCUT2D eigenvalue weighted by Gasteiger charge is 2.21. The molecular weight excluding hydrogens is 573 g/mol. The Labute approximate surface area is 273 Å². The predicted octanol–water partition coefficient (Wildman–Crippen LogP) is 11.0. The molecule has 0 aliphatic heterocycles. The number of rotatable bonds is 7. The van der Waals surface area contributed by atoms with Gasteiger partial charge in [0.2, 0.25) is 0 Å². The molecule has 2 nitrogen and oxygen atoms in total. The maximum atomic E-state index is 4.85. The van der Waals surface area contributed by atoms with Crippen LogP contribution in [0.25, 0.3) is 67.0 Å². The van der Waals surface area contributed by atoms with Gasteiger partial charge in [-0.25, -0.2) is 0 Å². The second kappa shape index (κ2) is 12.5. The van der Waals surface area contributed by atoms with E-state index in [1.807, 2.05) is 24.5 Å². The van der Waals surface area contributed by atoms with Gasteiger partial charge in [0.05, 0.1) is 19.5 Å². The van der Waals surface area contributed by atoms with Gasteiger partial charge >= 0.3 is 0 Å². The second-order valence-corrected chi connectivity index (χ2v) is 17.8. The largest absolute Gasteiger partial charge is 0.256 e. The lowest BCUT2D eigenvalue weighted by Crippen LogP contribution is -2.37. The summed E-state index contributed by atoms with van der Waals surface area (Å²) in [6, 6.07) is 53.9. The summed E-state index contributed by atoms with van der Waals surface area (Å²) < 4.78 is 0. The van der Waals surface area contributed by atoms with E-state index >= 15 is 0 Å². The molecule has 0 saturated carbocycles. The smallest absolute Gasteiger partial charge is 0.0776 e. The first-order chi connectivity index (χ1) is 22.4. The summed E-state index contributed by atoms with van der Waals surface area (Å²) in [7, 11) is -1.67. The number of pyridine rings is 2. The molecule has 0 radical (unpaired) electrons. The Morgan fingerprint density at radius 1 is 0.348 bits per heavy atom. The lowest BCUT2D eigenvalue weighted by Gasteiger charge is -2.21. The van der Waals surface area contributed by atoms with Crippen molar-refractivity contribution in [2.75, 3.05) is 0 Å². The van der Waals surface area contributed by atoms with Crippen LogP contribution in [-0.4, -0.2) is 18.0 Å². The minimum absolute atomic E-state index is 0.979. The van der Waals surface area contributed by atoms with Crippen LogP contribution in [-0.2, 0) is 0 Å². The summed E-state index contributed by atoms with van der Waals surface area (Å²) in [5.74, 6) is 0.